The van der Waals surface area contributed by atoms with Gasteiger partial charge in [0.25, 0.3) is 0 Å². The highest BCUT2D eigenvalue weighted by Gasteiger charge is 1.96. The molecule has 0 fully saturated rings. The molecule has 0 bridgehead atoms. The highest BCUT2D eigenvalue weighted by Crippen LogP contribution is 2.08. The maximum atomic E-state index is 10.2. The predicted octanol–water partition coefficient (Wildman–Crippen LogP) is 4.36. The molecule has 0 atom stereocenters. The van der Waals surface area contributed by atoms with Crippen LogP contribution in [-0.2, 0) is 4.79 Å². The van der Waals surface area contributed by atoms with Gasteiger partial charge in [0.05, 0.1) is 12.5 Å². The lowest BCUT2D eigenvalue weighted by Gasteiger charge is -1.96. The van der Waals surface area contributed by atoms with Crippen molar-refractivity contribution in [3.05, 3.63) is 18.6 Å². The molecule has 92 valence electrons. The van der Waals surface area contributed by atoms with Crippen molar-refractivity contribution in [2.24, 2.45) is 0 Å². The molecule has 16 heavy (non-hydrogen) atoms. The van der Waals surface area contributed by atoms with Crippen molar-refractivity contribution in [1.82, 2.24) is 0 Å². The fourth-order valence-corrected chi connectivity index (χ4v) is 1.54. The van der Waals surface area contributed by atoms with Crippen LogP contribution in [0.1, 0.15) is 64.7 Å². The number of hydrogen-bond donors (Lipinski definition) is 1. The third-order valence-corrected chi connectivity index (χ3v) is 2.52. The Hall–Kier alpha value is -0.920. The zero-order valence-corrected chi connectivity index (χ0v) is 10.5. The van der Waals surface area contributed by atoms with E-state index in [9.17, 15) is 4.79 Å². The number of unbranched alkanes of at least 4 members (excludes halogenated alkanes) is 7. The Morgan fingerprint density at radius 2 is 1.88 bits per heavy atom. The summed E-state index contributed by atoms with van der Waals surface area (Å²) in [6.07, 6.45) is 16.0. The molecule has 0 rings (SSSR count). The van der Waals surface area contributed by atoms with Crippen LogP contribution in [0.25, 0.3) is 0 Å². The summed E-state index contributed by atoms with van der Waals surface area (Å²) in [5.74, 6) is -0.722. The fourth-order valence-electron chi connectivity index (χ4n) is 1.54. The topological polar surface area (TPSA) is 37.3 Å². The van der Waals surface area contributed by atoms with Gasteiger partial charge in [-0.25, -0.2) is 0 Å². The molecule has 2 nitrogen and oxygen atoms in total. The van der Waals surface area contributed by atoms with E-state index >= 15 is 0 Å². The minimum Gasteiger partial charge on any atom is -0.481 e. The number of allylic oxidation sites excluding steroid dienone is 2. The Labute approximate surface area is 99.7 Å². The van der Waals surface area contributed by atoms with Crippen LogP contribution in [0.5, 0.6) is 0 Å². The Morgan fingerprint density at radius 3 is 2.56 bits per heavy atom. The summed E-state index contributed by atoms with van der Waals surface area (Å²) in [7, 11) is 0. The summed E-state index contributed by atoms with van der Waals surface area (Å²) in [5, 5.41) is 8.41. The standard InChI is InChI=1S/C14H24O2/c1-2-3-4-5-6-7-8-9-10-11-12-13-14(15)16/h9-11H,2-8,12-13H2,1H3/p+1/b11-10+. The third-order valence-electron chi connectivity index (χ3n) is 2.52. The molecule has 0 saturated heterocycles. The van der Waals surface area contributed by atoms with E-state index < -0.39 is 5.97 Å². The molecule has 0 spiro atoms. The summed E-state index contributed by atoms with van der Waals surface area (Å²) in [4.78, 5) is 10.2. The second kappa shape index (κ2) is 12.2. The van der Waals surface area contributed by atoms with E-state index in [1.807, 2.05) is 12.2 Å². The summed E-state index contributed by atoms with van der Waals surface area (Å²) < 4.78 is 0. The highest BCUT2D eigenvalue weighted by molar-refractivity contribution is 5.66. The van der Waals surface area contributed by atoms with Crippen LogP contribution in [0.3, 0.4) is 0 Å². The lowest BCUT2D eigenvalue weighted by atomic mass is 10.1. The van der Waals surface area contributed by atoms with E-state index in [-0.39, 0.29) is 6.42 Å². The minimum absolute atomic E-state index is 0.237. The zero-order valence-electron chi connectivity index (χ0n) is 10.5. The molecule has 0 aliphatic heterocycles. The van der Waals surface area contributed by atoms with Crippen molar-refractivity contribution >= 4 is 5.97 Å². The van der Waals surface area contributed by atoms with Crippen LogP contribution in [0.2, 0.25) is 0 Å². The lowest BCUT2D eigenvalue weighted by Crippen LogP contribution is -1.91. The monoisotopic (exact) mass is 225 g/mol. The van der Waals surface area contributed by atoms with Crippen LogP contribution in [-0.4, -0.2) is 11.1 Å². The quantitative estimate of drug-likeness (QED) is 0.419. The summed E-state index contributed by atoms with van der Waals surface area (Å²) in [6.45, 7) is 2.23. The van der Waals surface area contributed by atoms with E-state index in [2.05, 4.69) is 13.3 Å². The van der Waals surface area contributed by atoms with Crippen molar-refractivity contribution < 1.29 is 9.90 Å². The first-order chi connectivity index (χ1) is 7.77. The predicted molar refractivity (Wildman–Crippen MR) is 68.3 cm³/mol. The highest BCUT2D eigenvalue weighted by atomic mass is 16.4. The molecule has 0 saturated carbocycles. The molecule has 0 amide bonds. The van der Waals surface area contributed by atoms with Gasteiger partial charge in [-0.1, -0.05) is 39.0 Å². The number of aliphatic carboxylic acids is 1. The molecule has 0 heterocycles. The molecular weight excluding hydrogens is 200 g/mol. The van der Waals surface area contributed by atoms with E-state index in [0.717, 1.165) is 6.42 Å². The average Bonchev–Trinajstić information content (AvgIpc) is 2.25. The average molecular weight is 225 g/mol. The van der Waals surface area contributed by atoms with Gasteiger partial charge in [0.15, 0.2) is 0 Å². The Bertz CT molecular complexity index is 185. The van der Waals surface area contributed by atoms with Crippen LogP contribution >= 0.6 is 0 Å². The molecule has 2 heteroatoms. The number of carboxylic acid groups (broad SMARTS) is 1. The van der Waals surface area contributed by atoms with Crippen molar-refractivity contribution in [1.29, 1.82) is 0 Å². The molecule has 0 unspecified atom stereocenters. The SMILES string of the molecule is CCCCCCCC[CH+]/C=C/CCC(=O)O. The summed E-state index contributed by atoms with van der Waals surface area (Å²) in [6, 6.07) is 0. The number of carbonyl (C=O) groups is 1. The van der Waals surface area contributed by atoms with Crippen LogP contribution in [0, 0.1) is 6.42 Å². The van der Waals surface area contributed by atoms with Gasteiger partial charge >= 0.3 is 5.97 Å². The van der Waals surface area contributed by atoms with E-state index in [0.29, 0.717) is 6.42 Å². The van der Waals surface area contributed by atoms with Gasteiger partial charge in [-0.2, -0.15) is 0 Å². The normalized spacial score (nSPS) is 10.8. The van der Waals surface area contributed by atoms with Crippen molar-refractivity contribution in [3.63, 3.8) is 0 Å². The van der Waals surface area contributed by atoms with Crippen LogP contribution in [0.4, 0.5) is 0 Å². The van der Waals surface area contributed by atoms with Crippen LogP contribution < -0.4 is 0 Å². The second-order valence-corrected chi connectivity index (χ2v) is 4.15. The van der Waals surface area contributed by atoms with Crippen molar-refractivity contribution in [2.45, 2.75) is 64.7 Å². The van der Waals surface area contributed by atoms with E-state index in [1.54, 1.807) is 0 Å². The Balaban J connectivity index is 3.05. The van der Waals surface area contributed by atoms with E-state index in [4.69, 9.17) is 5.11 Å². The summed E-state index contributed by atoms with van der Waals surface area (Å²) in [5.41, 5.74) is 0. The molecule has 1 N–H and O–H groups in total. The fraction of sp³-hybridized carbons (Fsp3) is 0.714. The van der Waals surface area contributed by atoms with Gasteiger partial charge in [-0.15, -0.1) is 0 Å². The second-order valence-electron chi connectivity index (χ2n) is 4.15. The Kier molecular flexibility index (Phi) is 11.5. The maximum absolute atomic E-state index is 10.2. The van der Waals surface area contributed by atoms with Crippen molar-refractivity contribution in [2.75, 3.05) is 0 Å². The summed E-state index contributed by atoms with van der Waals surface area (Å²) >= 11 is 0. The Morgan fingerprint density at radius 1 is 1.19 bits per heavy atom. The van der Waals surface area contributed by atoms with E-state index in [1.165, 1.54) is 38.5 Å². The first-order valence-electron chi connectivity index (χ1n) is 6.47. The minimum atomic E-state index is -0.722. The lowest BCUT2D eigenvalue weighted by molar-refractivity contribution is -0.136. The zero-order chi connectivity index (χ0) is 12.1. The van der Waals surface area contributed by atoms with Crippen LogP contribution in [0.15, 0.2) is 12.2 Å². The first kappa shape index (κ1) is 15.1. The van der Waals surface area contributed by atoms with Gasteiger partial charge < -0.3 is 5.11 Å². The molecule has 0 aromatic heterocycles. The molecule has 0 aromatic rings. The van der Waals surface area contributed by atoms with Crippen molar-refractivity contribution in [3.8, 4) is 0 Å². The van der Waals surface area contributed by atoms with Gasteiger partial charge in [0, 0.05) is 25.3 Å². The largest absolute Gasteiger partial charge is 0.481 e. The molecule has 0 aliphatic carbocycles. The molecule has 0 aliphatic rings. The first-order valence-corrected chi connectivity index (χ1v) is 6.47. The van der Waals surface area contributed by atoms with Gasteiger partial charge in [0.2, 0.25) is 0 Å². The number of hydrogen-bond acceptors (Lipinski definition) is 1. The molecular formula is C14H25O2+. The number of rotatable bonds is 11. The van der Waals surface area contributed by atoms with Gasteiger partial charge in [0.1, 0.15) is 0 Å². The third kappa shape index (κ3) is 13.1. The molecule has 0 aromatic carbocycles. The van der Waals surface area contributed by atoms with Gasteiger partial charge in [-0.3, -0.25) is 4.79 Å². The number of carboxylic acids is 1. The van der Waals surface area contributed by atoms with Gasteiger partial charge in [-0.05, 0) is 6.42 Å². The molecule has 0 radical (unpaired) electrons. The smallest absolute Gasteiger partial charge is 0.305 e. The maximum Gasteiger partial charge on any atom is 0.305 e.